The first-order valence-electron chi connectivity index (χ1n) is 9.92. The van der Waals surface area contributed by atoms with E-state index in [4.69, 9.17) is 0 Å². The predicted molar refractivity (Wildman–Crippen MR) is 108 cm³/mol. The Kier molecular flexibility index (Phi) is 3.70. The molecule has 6 heteroatoms. The summed E-state index contributed by atoms with van der Waals surface area (Å²) < 4.78 is 4.46. The van der Waals surface area contributed by atoms with Gasteiger partial charge in [0.1, 0.15) is 0 Å². The molecule has 0 amide bonds. The average molecular weight is 352 g/mol. The van der Waals surface area contributed by atoms with Crippen molar-refractivity contribution in [2.45, 2.75) is 71.3 Å². The second-order valence-corrected chi connectivity index (χ2v) is 8.56. The Balaban J connectivity index is 2.09. The van der Waals surface area contributed by atoms with Crippen molar-refractivity contribution in [3.63, 3.8) is 0 Å². The smallest absolute Gasteiger partial charge is 0.380 e. The number of para-hydroxylation sites is 2. The normalized spacial score (nSPS) is 27.0. The van der Waals surface area contributed by atoms with Crippen LogP contribution in [0.4, 0.5) is 17.3 Å². The fourth-order valence-corrected chi connectivity index (χ4v) is 5.34. The molecule has 0 bridgehead atoms. The lowest BCUT2D eigenvalue weighted by molar-refractivity contribution is -0.759. The van der Waals surface area contributed by atoms with Gasteiger partial charge in [0, 0.05) is 11.4 Å². The second-order valence-electron chi connectivity index (χ2n) is 8.56. The van der Waals surface area contributed by atoms with E-state index in [-0.39, 0.29) is 17.8 Å². The van der Waals surface area contributed by atoms with Crippen LogP contribution >= 0.6 is 0 Å². The van der Waals surface area contributed by atoms with Crippen LogP contribution in [-0.4, -0.2) is 22.8 Å². The standard InChI is InChI=1S/C20H31BN5/c1-8-19(5)20(6,9-2)24-14-22-23(7)18(24)26-17-13-11-10-12-16(17)25(15(3)4)21(19)26/h10-15H,8-9H2,1-7H3/q+1. The molecule has 2 aliphatic heterocycles. The number of rotatable bonds is 3. The molecular formula is C20H31BN5+. The Labute approximate surface area is 157 Å². The van der Waals surface area contributed by atoms with Gasteiger partial charge in [-0.1, -0.05) is 32.9 Å². The van der Waals surface area contributed by atoms with Crippen LogP contribution in [0, 0.1) is 0 Å². The maximum absolute atomic E-state index is 4.66. The number of fused-ring (bicyclic) bond motifs is 5. The van der Waals surface area contributed by atoms with Gasteiger partial charge in [-0.25, -0.2) is 4.57 Å². The van der Waals surface area contributed by atoms with Gasteiger partial charge in [0.05, 0.1) is 24.0 Å². The van der Waals surface area contributed by atoms with Crippen LogP contribution in [0.1, 0.15) is 54.4 Å². The van der Waals surface area contributed by atoms with Crippen molar-refractivity contribution in [1.29, 1.82) is 0 Å². The molecule has 0 saturated heterocycles. The lowest BCUT2D eigenvalue weighted by Gasteiger charge is -2.53. The van der Waals surface area contributed by atoms with Gasteiger partial charge in [0.15, 0.2) is 0 Å². The molecule has 2 aliphatic rings. The summed E-state index contributed by atoms with van der Waals surface area (Å²) in [7, 11) is 2.06. The minimum absolute atomic E-state index is 0.00168. The average Bonchev–Trinajstić information content (AvgIpc) is 3.18. The fourth-order valence-electron chi connectivity index (χ4n) is 5.34. The minimum Gasteiger partial charge on any atom is -0.380 e. The van der Waals surface area contributed by atoms with E-state index < -0.39 is 0 Å². The summed E-state index contributed by atoms with van der Waals surface area (Å²) in [5.41, 5.74) is 2.63. The van der Waals surface area contributed by atoms with Crippen LogP contribution in [0.5, 0.6) is 0 Å². The molecule has 5 nitrogen and oxygen atoms in total. The molecule has 2 atom stereocenters. The molecule has 0 N–H and O–H groups in total. The van der Waals surface area contributed by atoms with Gasteiger partial charge in [0.2, 0.25) is 6.33 Å². The van der Waals surface area contributed by atoms with Gasteiger partial charge in [-0.3, -0.25) is 4.81 Å². The monoisotopic (exact) mass is 352 g/mol. The van der Waals surface area contributed by atoms with E-state index in [1.807, 2.05) is 11.0 Å². The Hall–Kier alpha value is -1.98. The van der Waals surface area contributed by atoms with E-state index >= 15 is 0 Å². The second kappa shape index (κ2) is 5.51. The number of nitrogens with zero attached hydrogens (tertiary/aromatic N) is 5. The van der Waals surface area contributed by atoms with Crippen molar-refractivity contribution >= 4 is 24.3 Å². The van der Waals surface area contributed by atoms with Crippen LogP contribution in [-0.2, 0) is 12.6 Å². The Bertz CT molecular complexity index is 846. The molecule has 1 aromatic carbocycles. The zero-order valence-corrected chi connectivity index (χ0v) is 17.2. The highest BCUT2D eigenvalue weighted by atomic mass is 15.5. The van der Waals surface area contributed by atoms with E-state index in [9.17, 15) is 0 Å². The summed E-state index contributed by atoms with van der Waals surface area (Å²) in [5, 5.41) is 4.74. The molecule has 3 heterocycles. The van der Waals surface area contributed by atoms with E-state index in [1.54, 1.807) is 0 Å². The Morgan fingerprint density at radius 3 is 2.35 bits per heavy atom. The molecule has 2 unspecified atom stereocenters. The highest BCUT2D eigenvalue weighted by Crippen LogP contribution is 2.59. The molecule has 2 aromatic rings. The zero-order valence-electron chi connectivity index (χ0n) is 17.2. The van der Waals surface area contributed by atoms with Gasteiger partial charge < -0.3 is 4.81 Å². The van der Waals surface area contributed by atoms with Gasteiger partial charge in [0.25, 0.3) is 0 Å². The van der Waals surface area contributed by atoms with Crippen molar-refractivity contribution < 1.29 is 4.57 Å². The van der Waals surface area contributed by atoms with Gasteiger partial charge in [-0.05, 0) is 50.8 Å². The van der Waals surface area contributed by atoms with E-state index in [2.05, 4.69) is 92.1 Å². The number of benzene rings is 1. The number of hydrogen-bond acceptors (Lipinski definition) is 3. The predicted octanol–water partition coefficient (Wildman–Crippen LogP) is 3.87. The molecule has 0 radical (unpaired) electrons. The maximum atomic E-state index is 4.66. The van der Waals surface area contributed by atoms with Crippen molar-refractivity contribution in [2.24, 2.45) is 7.05 Å². The van der Waals surface area contributed by atoms with Gasteiger partial charge >= 0.3 is 12.9 Å². The van der Waals surface area contributed by atoms with Gasteiger partial charge in [-0.2, -0.15) is 0 Å². The molecule has 0 aliphatic carbocycles. The van der Waals surface area contributed by atoms with Crippen molar-refractivity contribution in [3.8, 4) is 0 Å². The highest BCUT2D eigenvalue weighted by molar-refractivity contribution is 6.74. The third kappa shape index (κ3) is 1.83. The third-order valence-electron chi connectivity index (χ3n) is 7.30. The van der Waals surface area contributed by atoms with E-state index in [0.717, 1.165) is 12.8 Å². The summed E-state index contributed by atoms with van der Waals surface area (Å²) in [5.74, 6) is 1.18. The minimum atomic E-state index is 0.00168. The SMILES string of the molecule is CCC1(C)B2N(c3ccccc3N2C(C)C)c2n(C)nc[n+]2C1(C)CC. The highest BCUT2D eigenvalue weighted by Gasteiger charge is 2.68. The zero-order chi connectivity index (χ0) is 18.9. The summed E-state index contributed by atoms with van der Waals surface area (Å²) in [6, 6.07) is 9.27. The molecular weight excluding hydrogens is 321 g/mol. The lowest BCUT2D eigenvalue weighted by atomic mass is 9.39. The summed E-state index contributed by atoms with van der Waals surface area (Å²) in [4.78, 5) is 5.16. The fraction of sp³-hybridized carbons (Fsp3) is 0.600. The first-order chi connectivity index (χ1) is 12.3. The Morgan fingerprint density at radius 2 is 1.77 bits per heavy atom. The maximum Gasteiger partial charge on any atom is 0.453 e. The van der Waals surface area contributed by atoms with Crippen LogP contribution in [0.3, 0.4) is 0 Å². The third-order valence-corrected chi connectivity index (χ3v) is 7.30. The molecule has 138 valence electrons. The number of anilines is 3. The van der Waals surface area contributed by atoms with Crippen molar-refractivity contribution in [3.05, 3.63) is 30.6 Å². The summed E-state index contributed by atoms with van der Waals surface area (Å²) >= 11 is 0. The molecule has 1 aromatic heterocycles. The Morgan fingerprint density at radius 1 is 1.12 bits per heavy atom. The van der Waals surface area contributed by atoms with E-state index in [0.29, 0.717) is 6.04 Å². The molecule has 0 fully saturated rings. The first-order valence-corrected chi connectivity index (χ1v) is 9.92. The van der Waals surface area contributed by atoms with Crippen LogP contribution in [0.2, 0.25) is 5.31 Å². The lowest BCUT2D eigenvalue weighted by Crippen LogP contribution is -2.75. The summed E-state index contributed by atoms with van der Waals surface area (Å²) in [6.45, 7) is 14.4. The van der Waals surface area contributed by atoms with Crippen LogP contribution < -0.4 is 14.2 Å². The van der Waals surface area contributed by atoms with Crippen LogP contribution in [0.25, 0.3) is 0 Å². The van der Waals surface area contributed by atoms with Crippen molar-refractivity contribution in [1.82, 2.24) is 9.78 Å². The number of hydrogen-bond donors (Lipinski definition) is 0. The quantitative estimate of drug-likeness (QED) is 0.620. The molecule has 4 rings (SSSR count). The number of aromatic nitrogens is 3. The first kappa shape index (κ1) is 17.4. The molecule has 0 spiro atoms. The molecule has 26 heavy (non-hydrogen) atoms. The van der Waals surface area contributed by atoms with Gasteiger partial charge in [-0.15, -0.1) is 4.68 Å². The van der Waals surface area contributed by atoms with Crippen LogP contribution in [0.15, 0.2) is 30.6 Å². The summed E-state index contributed by atoms with van der Waals surface area (Å²) in [6.07, 6.45) is 4.22. The van der Waals surface area contributed by atoms with E-state index in [1.165, 1.54) is 17.3 Å². The largest absolute Gasteiger partial charge is 0.453 e. The topological polar surface area (TPSA) is 28.2 Å². The molecule has 0 saturated carbocycles. The number of aryl methyl sites for hydroxylation is 1. The van der Waals surface area contributed by atoms with Crippen molar-refractivity contribution in [2.75, 3.05) is 9.62 Å².